The molecule has 1 aromatic rings. The number of quaternary nitrogens is 1. The van der Waals surface area contributed by atoms with Crippen molar-refractivity contribution in [3.63, 3.8) is 0 Å². The maximum absolute atomic E-state index is 12.4. The molecule has 0 heterocycles. The minimum absolute atomic E-state index is 0.154. The first-order chi connectivity index (χ1) is 14.2. The predicted molar refractivity (Wildman–Crippen MR) is 117 cm³/mol. The Morgan fingerprint density at radius 2 is 1.67 bits per heavy atom. The molecule has 0 bridgehead atoms. The van der Waals surface area contributed by atoms with Crippen LogP contribution < -0.4 is 0 Å². The third kappa shape index (κ3) is 11.5. The van der Waals surface area contributed by atoms with Crippen molar-refractivity contribution in [1.29, 1.82) is 0 Å². The smallest absolute Gasteiger partial charge is 0.331 e. The number of hydrogen-bond donors (Lipinski definition) is 1. The van der Waals surface area contributed by atoms with Crippen LogP contribution in [0.15, 0.2) is 42.5 Å². The zero-order valence-electron chi connectivity index (χ0n) is 18.5. The second-order valence-electron chi connectivity index (χ2n) is 8.33. The van der Waals surface area contributed by atoms with Crippen LogP contribution in [0.4, 0.5) is 0 Å². The molecular formula is C24H36NO5+. The van der Waals surface area contributed by atoms with Gasteiger partial charge in [0.15, 0.2) is 0 Å². The van der Waals surface area contributed by atoms with E-state index in [1.807, 2.05) is 30.3 Å². The van der Waals surface area contributed by atoms with E-state index in [2.05, 4.69) is 21.0 Å². The Hall–Kier alpha value is -2.47. The number of carbonyl (C=O) groups is 3. The minimum atomic E-state index is -1.16. The Morgan fingerprint density at radius 1 is 1.00 bits per heavy atom. The molecule has 166 valence electrons. The molecule has 0 aliphatic rings. The number of ether oxygens (including phenoxy) is 1. The van der Waals surface area contributed by atoms with Gasteiger partial charge in [0.25, 0.3) is 0 Å². The number of nitrogens with zero attached hydrogens (tertiary/aromatic N) is 1. The largest absolute Gasteiger partial charge is 0.478 e. The molecule has 0 saturated heterocycles. The Labute approximate surface area is 180 Å². The number of aliphatic carboxylic acids is 1. The molecular weight excluding hydrogens is 382 g/mol. The van der Waals surface area contributed by atoms with Crippen LogP contribution in [0, 0.1) is 0 Å². The molecule has 1 aromatic carbocycles. The average molecular weight is 419 g/mol. The SMILES string of the molecule is CCCCC(CCCCC[N+](C)(C)CC(=O)c1ccccc1)OC(=O)/C=C\C(=O)O. The van der Waals surface area contributed by atoms with Crippen molar-refractivity contribution in [1.82, 2.24) is 0 Å². The Kier molecular flexibility index (Phi) is 11.7. The molecule has 1 rings (SSSR count). The van der Waals surface area contributed by atoms with Crippen molar-refractivity contribution in [3.05, 3.63) is 48.0 Å². The van der Waals surface area contributed by atoms with E-state index in [1.54, 1.807) is 0 Å². The van der Waals surface area contributed by atoms with Crippen LogP contribution in [0.2, 0.25) is 0 Å². The third-order valence-electron chi connectivity index (χ3n) is 4.98. The summed E-state index contributed by atoms with van der Waals surface area (Å²) in [6.07, 6.45) is 8.02. The fourth-order valence-corrected chi connectivity index (χ4v) is 3.31. The van der Waals surface area contributed by atoms with E-state index in [4.69, 9.17) is 9.84 Å². The number of Topliss-reactive ketones (excluding diaryl/α,β-unsaturated/α-hetero) is 1. The average Bonchev–Trinajstić information content (AvgIpc) is 2.70. The molecule has 1 N–H and O–H groups in total. The van der Waals surface area contributed by atoms with Crippen LogP contribution in [0.5, 0.6) is 0 Å². The maximum atomic E-state index is 12.4. The summed E-state index contributed by atoms with van der Waals surface area (Å²) in [5, 5.41) is 8.61. The fraction of sp³-hybridized carbons (Fsp3) is 0.542. The first-order valence-electron chi connectivity index (χ1n) is 10.8. The van der Waals surface area contributed by atoms with Gasteiger partial charge in [0, 0.05) is 17.7 Å². The number of esters is 1. The summed E-state index contributed by atoms with van der Waals surface area (Å²) in [5.74, 6) is -1.61. The molecule has 0 aromatic heterocycles. The number of ketones is 1. The van der Waals surface area contributed by atoms with Crippen LogP contribution in [0.3, 0.4) is 0 Å². The van der Waals surface area contributed by atoms with Gasteiger partial charge in [-0.3, -0.25) is 4.79 Å². The lowest BCUT2D eigenvalue weighted by Crippen LogP contribution is -2.44. The molecule has 0 fully saturated rings. The summed E-state index contributed by atoms with van der Waals surface area (Å²) in [6, 6.07) is 9.38. The number of carboxylic acid groups (broad SMARTS) is 1. The number of likely N-dealkylation sites (N-methyl/N-ethyl adjacent to an activating group) is 1. The molecule has 0 aliphatic carbocycles. The summed E-state index contributed by atoms with van der Waals surface area (Å²) in [7, 11) is 4.14. The standard InChI is InChI=1S/C24H35NO5/c1-4-5-14-21(30-24(29)17-16-23(27)28)15-10-7-11-18-25(2,3)19-22(26)20-12-8-6-9-13-20/h6,8-9,12-13,16-17,21H,4-5,7,10-11,14-15,18-19H2,1-3H3/p+1/b17-16-. The first kappa shape index (κ1) is 25.6. The Bertz CT molecular complexity index is 697. The highest BCUT2D eigenvalue weighted by atomic mass is 16.5. The van der Waals surface area contributed by atoms with Crippen molar-refractivity contribution in [3.8, 4) is 0 Å². The van der Waals surface area contributed by atoms with Crippen LogP contribution in [0.1, 0.15) is 62.2 Å². The normalized spacial score (nSPS) is 12.6. The van der Waals surface area contributed by atoms with Gasteiger partial charge in [-0.25, -0.2) is 9.59 Å². The quantitative estimate of drug-likeness (QED) is 0.151. The zero-order valence-corrected chi connectivity index (χ0v) is 18.5. The lowest BCUT2D eigenvalue weighted by molar-refractivity contribution is -0.882. The number of unbranched alkanes of at least 4 members (excludes halogenated alkanes) is 3. The highest BCUT2D eigenvalue weighted by molar-refractivity contribution is 5.96. The van der Waals surface area contributed by atoms with E-state index in [0.29, 0.717) is 11.0 Å². The second-order valence-corrected chi connectivity index (χ2v) is 8.33. The van der Waals surface area contributed by atoms with Crippen molar-refractivity contribution in [2.45, 2.75) is 58.0 Å². The predicted octanol–water partition coefficient (Wildman–Crippen LogP) is 4.25. The minimum Gasteiger partial charge on any atom is -0.478 e. The Balaban J connectivity index is 2.37. The topological polar surface area (TPSA) is 80.7 Å². The van der Waals surface area contributed by atoms with E-state index in [1.165, 1.54) is 0 Å². The molecule has 30 heavy (non-hydrogen) atoms. The first-order valence-corrected chi connectivity index (χ1v) is 10.8. The van der Waals surface area contributed by atoms with Crippen LogP contribution >= 0.6 is 0 Å². The van der Waals surface area contributed by atoms with E-state index in [-0.39, 0.29) is 11.9 Å². The van der Waals surface area contributed by atoms with Crippen molar-refractivity contribution in [2.24, 2.45) is 0 Å². The van der Waals surface area contributed by atoms with E-state index < -0.39 is 11.9 Å². The molecule has 0 aliphatic heterocycles. The maximum Gasteiger partial charge on any atom is 0.331 e. The third-order valence-corrected chi connectivity index (χ3v) is 4.98. The van der Waals surface area contributed by atoms with E-state index >= 15 is 0 Å². The molecule has 0 amide bonds. The fourth-order valence-electron chi connectivity index (χ4n) is 3.31. The zero-order chi connectivity index (χ0) is 22.4. The van der Waals surface area contributed by atoms with Gasteiger partial charge in [-0.2, -0.15) is 0 Å². The van der Waals surface area contributed by atoms with Gasteiger partial charge in [0.1, 0.15) is 12.6 Å². The highest BCUT2D eigenvalue weighted by Crippen LogP contribution is 2.15. The van der Waals surface area contributed by atoms with Gasteiger partial charge in [-0.1, -0.05) is 50.1 Å². The second kappa shape index (κ2) is 13.7. The van der Waals surface area contributed by atoms with Gasteiger partial charge in [-0.05, 0) is 32.1 Å². The number of benzene rings is 1. The van der Waals surface area contributed by atoms with Crippen molar-refractivity contribution < 1.29 is 28.7 Å². The van der Waals surface area contributed by atoms with E-state index in [0.717, 1.165) is 69.2 Å². The summed E-state index contributed by atoms with van der Waals surface area (Å²) >= 11 is 0. The Morgan fingerprint density at radius 3 is 2.30 bits per heavy atom. The molecule has 0 saturated carbocycles. The molecule has 1 atom stereocenters. The van der Waals surface area contributed by atoms with Gasteiger partial charge in [0.2, 0.25) is 5.78 Å². The molecule has 0 radical (unpaired) electrons. The summed E-state index contributed by atoms with van der Waals surface area (Å²) in [5.41, 5.74) is 0.751. The molecule has 1 unspecified atom stereocenters. The van der Waals surface area contributed by atoms with Crippen LogP contribution in [0.25, 0.3) is 0 Å². The molecule has 6 nitrogen and oxygen atoms in total. The van der Waals surface area contributed by atoms with Crippen molar-refractivity contribution in [2.75, 3.05) is 27.2 Å². The number of carbonyl (C=O) groups excluding carboxylic acids is 2. The number of carboxylic acids is 1. The highest BCUT2D eigenvalue weighted by Gasteiger charge is 2.21. The van der Waals surface area contributed by atoms with Crippen LogP contribution in [-0.4, -0.2) is 60.6 Å². The lowest BCUT2D eigenvalue weighted by Gasteiger charge is -2.29. The van der Waals surface area contributed by atoms with E-state index in [9.17, 15) is 14.4 Å². The van der Waals surface area contributed by atoms with Gasteiger partial charge >= 0.3 is 11.9 Å². The number of rotatable bonds is 15. The molecule has 0 spiro atoms. The summed E-state index contributed by atoms with van der Waals surface area (Å²) in [6.45, 7) is 3.45. The number of hydrogen-bond acceptors (Lipinski definition) is 4. The van der Waals surface area contributed by atoms with Gasteiger partial charge in [0.05, 0.1) is 20.6 Å². The van der Waals surface area contributed by atoms with Crippen LogP contribution in [-0.2, 0) is 14.3 Å². The van der Waals surface area contributed by atoms with Gasteiger partial charge < -0.3 is 14.3 Å². The monoisotopic (exact) mass is 418 g/mol. The summed E-state index contributed by atoms with van der Waals surface area (Å²) < 4.78 is 6.06. The van der Waals surface area contributed by atoms with Crippen molar-refractivity contribution >= 4 is 17.7 Å². The lowest BCUT2D eigenvalue weighted by atomic mass is 10.0. The summed E-state index contributed by atoms with van der Waals surface area (Å²) in [4.78, 5) is 34.7. The van der Waals surface area contributed by atoms with Gasteiger partial charge in [-0.15, -0.1) is 0 Å². The molecule has 6 heteroatoms.